The highest BCUT2D eigenvalue weighted by Crippen LogP contribution is 2.27. The molecule has 0 aliphatic rings. The smallest absolute Gasteiger partial charge is 0.166 e. The SMILES string of the molecule is Cc1c(C=O)[nH]c2c(C)cc(Cl)cc12. The Morgan fingerprint density at radius 3 is 2.71 bits per heavy atom. The maximum absolute atomic E-state index is 10.7. The average molecular weight is 208 g/mol. The molecule has 1 aromatic carbocycles. The zero-order valence-electron chi connectivity index (χ0n) is 8.02. The van der Waals surface area contributed by atoms with Gasteiger partial charge >= 0.3 is 0 Å². The van der Waals surface area contributed by atoms with E-state index in [4.69, 9.17) is 11.6 Å². The second kappa shape index (κ2) is 3.14. The fraction of sp³-hybridized carbons (Fsp3) is 0.182. The number of benzene rings is 1. The Labute approximate surface area is 86.9 Å². The minimum Gasteiger partial charge on any atom is -0.352 e. The standard InChI is InChI=1S/C11H10ClNO/c1-6-3-8(12)4-9-7(2)10(5-14)13-11(6)9/h3-5,13H,1-2H3. The molecule has 0 radical (unpaired) electrons. The van der Waals surface area contributed by atoms with Crippen LogP contribution in [0.15, 0.2) is 12.1 Å². The molecule has 1 N–H and O–H groups in total. The number of aryl methyl sites for hydroxylation is 2. The topological polar surface area (TPSA) is 32.9 Å². The van der Waals surface area contributed by atoms with Crippen LogP contribution in [0.1, 0.15) is 21.6 Å². The zero-order chi connectivity index (χ0) is 10.3. The van der Waals surface area contributed by atoms with E-state index in [1.807, 2.05) is 26.0 Å². The third-order valence-corrected chi connectivity index (χ3v) is 2.70. The summed E-state index contributed by atoms with van der Waals surface area (Å²) in [5.74, 6) is 0. The van der Waals surface area contributed by atoms with Crippen LogP contribution in [0.2, 0.25) is 5.02 Å². The molecule has 72 valence electrons. The van der Waals surface area contributed by atoms with E-state index in [2.05, 4.69) is 4.98 Å². The lowest BCUT2D eigenvalue weighted by molar-refractivity contribution is 0.111. The number of nitrogens with one attached hydrogen (secondary N) is 1. The number of aromatic nitrogens is 1. The van der Waals surface area contributed by atoms with Crippen LogP contribution in [0, 0.1) is 13.8 Å². The van der Waals surface area contributed by atoms with Gasteiger partial charge in [-0.25, -0.2) is 0 Å². The van der Waals surface area contributed by atoms with Crippen molar-refractivity contribution in [2.45, 2.75) is 13.8 Å². The van der Waals surface area contributed by atoms with Crippen molar-refractivity contribution in [3.05, 3.63) is 34.0 Å². The fourth-order valence-electron chi connectivity index (χ4n) is 1.70. The van der Waals surface area contributed by atoms with Crippen molar-refractivity contribution >= 4 is 28.8 Å². The van der Waals surface area contributed by atoms with Crippen molar-refractivity contribution in [3.63, 3.8) is 0 Å². The van der Waals surface area contributed by atoms with Gasteiger partial charge in [0.15, 0.2) is 6.29 Å². The van der Waals surface area contributed by atoms with Crippen LogP contribution < -0.4 is 0 Å². The molecule has 2 rings (SSSR count). The van der Waals surface area contributed by atoms with Gasteiger partial charge in [0.05, 0.1) is 5.69 Å². The van der Waals surface area contributed by atoms with E-state index in [0.717, 1.165) is 28.3 Å². The molecule has 0 unspecified atom stereocenters. The summed E-state index contributed by atoms with van der Waals surface area (Å²) in [6, 6.07) is 3.76. The van der Waals surface area contributed by atoms with E-state index in [-0.39, 0.29) is 0 Å². The van der Waals surface area contributed by atoms with Crippen LogP contribution in [0.25, 0.3) is 10.9 Å². The predicted molar refractivity (Wildman–Crippen MR) is 58.2 cm³/mol. The van der Waals surface area contributed by atoms with Gasteiger partial charge in [0.1, 0.15) is 0 Å². The van der Waals surface area contributed by atoms with Crippen molar-refractivity contribution in [2.24, 2.45) is 0 Å². The predicted octanol–water partition coefficient (Wildman–Crippen LogP) is 3.25. The van der Waals surface area contributed by atoms with Gasteiger partial charge in [-0.1, -0.05) is 11.6 Å². The van der Waals surface area contributed by atoms with Gasteiger partial charge in [0.25, 0.3) is 0 Å². The number of fused-ring (bicyclic) bond motifs is 1. The number of halogens is 1. The third-order valence-electron chi connectivity index (χ3n) is 2.49. The van der Waals surface area contributed by atoms with E-state index in [9.17, 15) is 4.79 Å². The number of hydrogen-bond donors (Lipinski definition) is 1. The quantitative estimate of drug-likeness (QED) is 0.716. The Balaban J connectivity index is 2.91. The van der Waals surface area contributed by atoms with E-state index >= 15 is 0 Å². The molecule has 0 fully saturated rings. The molecule has 0 bridgehead atoms. The maximum Gasteiger partial charge on any atom is 0.166 e. The van der Waals surface area contributed by atoms with E-state index < -0.39 is 0 Å². The van der Waals surface area contributed by atoms with Crippen LogP contribution >= 0.6 is 11.6 Å². The molecule has 0 aliphatic heterocycles. The van der Waals surface area contributed by atoms with Crippen LogP contribution in [0.3, 0.4) is 0 Å². The first kappa shape index (κ1) is 9.28. The molecular weight excluding hydrogens is 198 g/mol. The van der Waals surface area contributed by atoms with Gasteiger partial charge in [-0.15, -0.1) is 0 Å². The Morgan fingerprint density at radius 1 is 1.36 bits per heavy atom. The van der Waals surface area contributed by atoms with Crippen LogP contribution in [-0.4, -0.2) is 11.3 Å². The van der Waals surface area contributed by atoms with Gasteiger partial charge in [-0.05, 0) is 37.1 Å². The van der Waals surface area contributed by atoms with E-state index in [1.165, 1.54) is 0 Å². The number of aldehydes is 1. The number of hydrogen-bond acceptors (Lipinski definition) is 1. The van der Waals surface area contributed by atoms with Crippen LogP contribution in [0.5, 0.6) is 0 Å². The number of rotatable bonds is 1. The summed E-state index contributed by atoms with van der Waals surface area (Å²) in [5.41, 5.74) is 3.64. The lowest BCUT2D eigenvalue weighted by atomic mass is 10.1. The maximum atomic E-state index is 10.7. The lowest BCUT2D eigenvalue weighted by Crippen LogP contribution is -1.80. The minimum absolute atomic E-state index is 0.630. The molecule has 0 saturated carbocycles. The fourth-order valence-corrected chi connectivity index (χ4v) is 1.97. The van der Waals surface area contributed by atoms with Gasteiger partial charge in [0.2, 0.25) is 0 Å². The molecule has 2 nitrogen and oxygen atoms in total. The molecule has 0 spiro atoms. The van der Waals surface area contributed by atoms with Gasteiger partial charge in [-0.2, -0.15) is 0 Å². The van der Waals surface area contributed by atoms with Gasteiger partial charge in [-0.3, -0.25) is 4.79 Å². The lowest BCUT2D eigenvalue weighted by Gasteiger charge is -1.97. The molecule has 0 amide bonds. The number of aromatic amines is 1. The third kappa shape index (κ3) is 1.23. The first-order valence-electron chi connectivity index (χ1n) is 4.37. The summed E-state index contributed by atoms with van der Waals surface area (Å²) >= 11 is 5.95. The first-order valence-corrected chi connectivity index (χ1v) is 4.75. The first-order chi connectivity index (χ1) is 6.63. The summed E-state index contributed by atoms with van der Waals surface area (Å²) in [4.78, 5) is 13.8. The normalized spacial score (nSPS) is 10.8. The molecule has 0 atom stereocenters. The Hall–Kier alpha value is -1.28. The Bertz CT molecular complexity index is 513. The highest BCUT2D eigenvalue weighted by Gasteiger charge is 2.09. The van der Waals surface area contributed by atoms with Gasteiger partial charge in [0, 0.05) is 15.9 Å². The summed E-state index contributed by atoms with van der Waals surface area (Å²) < 4.78 is 0. The summed E-state index contributed by atoms with van der Waals surface area (Å²) in [6.45, 7) is 3.89. The van der Waals surface area contributed by atoms with Crippen molar-refractivity contribution in [1.29, 1.82) is 0 Å². The van der Waals surface area contributed by atoms with Crippen molar-refractivity contribution in [1.82, 2.24) is 4.98 Å². The van der Waals surface area contributed by atoms with Crippen molar-refractivity contribution in [3.8, 4) is 0 Å². The number of carbonyl (C=O) groups is 1. The van der Waals surface area contributed by atoms with Crippen LogP contribution in [-0.2, 0) is 0 Å². The Morgan fingerprint density at radius 2 is 2.07 bits per heavy atom. The van der Waals surface area contributed by atoms with Crippen molar-refractivity contribution < 1.29 is 4.79 Å². The molecule has 1 heterocycles. The molecule has 0 aliphatic carbocycles. The monoisotopic (exact) mass is 207 g/mol. The van der Waals surface area contributed by atoms with Crippen molar-refractivity contribution in [2.75, 3.05) is 0 Å². The summed E-state index contributed by atoms with van der Waals surface area (Å²) in [6.07, 6.45) is 0.836. The average Bonchev–Trinajstić information content (AvgIpc) is 2.44. The number of H-pyrrole nitrogens is 1. The minimum atomic E-state index is 0.630. The molecular formula is C11H10ClNO. The summed E-state index contributed by atoms with van der Waals surface area (Å²) in [7, 11) is 0. The highest BCUT2D eigenvalue weighted by atomic mass is 35.5. The van der Waals surface area contributed by atoms with Gasteiger partial charge < -0.3 is 4.98 Å². The molecule has 1 aromatic heterocycles. The Kier molecular flexibility index (Phi) is 2.08. The largest absolute Gasteiger partial charge is 0.352 e. The van der Waals surface area contributed by atoms with Crippen LogP contribution in [0.4, 0.5) is 0 Å². The zero-order valence-corrected chi connectivity index (χ0v) is 8.77. The summed E-state index contributed by atoms with van der Waals surface area (Å²) in [5, 5.41) is 1.73. The van der Waals surface area contributed by atoms with E-state index in [0.29, 0.717) is 10.7 Å². The molecule has 14 heavy (non-hydrogen) atoms. The molecule has 2 aromatic rings. The molecule has 3 heteroatoms. The number of carbonyl (C=O) groups excluding carboxylic acids is 1. The second-order valence-corrected chi connectivity index (χ2v) is 3.86. The van der Waals surface area contributed by atoms with E-state index in [1.54, 1.807) is 0 Å². The second-order valence-electron chi connectivity index (χ2n) is 3.43. The highest BCUT2D eigenvalue weighted by molar-refractivity contribution is 6.31. The molecule has 0 saturated heterocycles.